The molecule has 2 aromatic rings. The largest absolute Gasteiger partial charge is 0.465 e. The van der Waals surface area contributed by atoms with E-state index in [1.54, 1.807) is 25.2 Å². The van der Waals surface area contributed by atoms with Crippen LogP contribution in [0.25, 0.3) is 0 Å². The molecular weight excluding hydrogens is 330 g/mol. The molecule has 4 nitrogen and oxygen atoms in total. The van der Waals surface area contributed by atoms with Gasteiger partial charge in [-0.3, -0.25) is 0 Å². The quantitative estimate of drug-likeness (QED) is 0.744. The lowest BCUT2D eigenvalue weighted by atomic mass is 10.3. The van der Waals surface area contributed by atoms with Crippen molar-refractivity contribution in [1.82, 2.24) is 4.31 Å². The second-order valence-corrected chi connectivity index (χ2v) is 7.84. The zero-order valence-electron chi connectivity index (χ0n) is 12.2. The lowest BCUT2D eigenvalue weighted by Crippen LogP contribution is -2.31. The normalized spacial score (nSPS) is 12.2. The second kappa shape index (κ2) is 6.52. The zero-order valence-corrected chi connectivity index (χ0v) is 14.6. The molecule has 0 aliphatic rings. The van der Waals surface area contributed by atoms with E-state index >= 15 is 0 Å². The molecule has 0 aliphatic heterocycles. The fraction of sp³-hybridized carbons (Fsp3) is 0.429. The molecule has 7 heteroatoms. The van der Waals surface area contributed by atoms with E-state index in [2.05, 4.69) is 0 Å². The van der Waals surface area contributed by atoms with Gasteiger partial charge < -0.3 is 4.42 Å². The zero-order chi connectivity index (χ0) is 15.6. The average Bonchev–Trinajstić information content (AvgIpc) is 3.02. The van der Waals surface area contributed by atoms with E-state index in [1.807, 2.05) is 24.4 Å². The van der Waals surface area contributed by atoms with Crippen molar-refractivity contribution in [3.8, 4) is 0 Å². The molecule has 0 aliphatic carbocycles. The van der Waals surface area contributed by atoms with Gasteiger partial charge in [-0.2, -0.15) is 4.31 Å². The Morgan fingerprint density at radius 2 is 2.05 bits per heavy atom. The first-order valence-corrected chi connectivity index (χ1v) is 9.44. The van der Waals surface area contributed by atoms with Crippen LogP contribution < -0.4 is 0 Å². The summed E-state index contributed by atoms with van der Waals surface area (Å²) in [4.78, 5) is 1.22. The monoisotopic (exact) mass is 347 g/mol. The van der Waals surface area contributed by atoms with Gasteiger partial charge in [-0.1, -0.05) is 13.0 Å². The third kappa shape index (κ3) is 3.18. The number of furan rings is 1. The van der Waals surface area contributed by atoms with Crippen molar-refractivity contribution in [2.75, 3.05) is 6.54 Å². The van der Waals surface area contributed by atoms with Crippen LogP contribution in [0, 0.1) is 13.8 Å². The Bertz CT molecular complexity index is 705. The molecule has 0 N–H and O–H groups in total. The topological polar surface area (TPSA) is 50.5 Å². The first-order chi connectivity index (χ1) is 9.91. The Morgan fingerprint density at radius 3 is 2.57 bits per heavy atom. The van der Waals surface area contributed by atoms with E-state index in [1.165, 1.54) is 4.31 Å². The van der Waals surface area contributed by atoms with Crippen molar-refractivity contribution < 1.29 is 12.8 Å². The summed E-state index contributed by atoms with van der Waals surface area (Å²) in [5.41, 5.74) is 0.554. The Hall–Kier alpha value is -0.820. The highest BCUT2D eigenvalue weighted by Crippen LogP contribution is 2.31. The molecule has 0 aromatic carbocycles. The van der Waals surface area contributed by atoms with E-state index in [0.29, 0.717) is 30.2 Å². The van der Waals surface area contributed by atoms with E-state index in [0.717, 1.165) is 4.88 Å². The number of thiophene rings is 1. The molecule has 0 bridgehead atoms. The van der Waals surface area contributed by atoms with Crippen LogP contribution >= 0.6 is 22.9 Å². The summed E-state index contributed by atoms with van der Waals surface area (Å²) < 4.78 is 32.7. The van der Waals surface area contributed by atoms with Gasteiger partial charge in [0.15, 0.2) is 0 Å². The van der Waals surface area contributed by atoms with Crippen LogP contribution in [0.5, 0.6) is 0 Å². The van der Waals surface area contributed by atoms with Crippen molar-refractivity contribution >= 4 is 33.0 Å². The van der Waals surface area contributed by atoms with Gasteiger partial charge in [0.1, 0.15) is 16.4 Å². The van der Waals surface area contributed by atoms with Gasteiger partial charge in [0.25, 0.3) is 0 Å². The van der Waals surface area contributed by atoms with Crippen molar-refractivity contribution in [3.05, 3.63) is 39.5 Å². The highest BCUT2D eigenvalue weighted by molar-refractivity contribution is 7.89. The summed E-state index contributed by atoms with van der Waals surface area (Å²) in [5, 5.41) is 1.94. The van der Waals surface area contributed by atoms with Crippen LogP contribution in [-0.2, 0) is 22.4 Å². The number of hydrogen-bond donors (Lipinski definition) is 0. The molecule has 0 atom stereocenters. The molecule has 21 heavy (non-hydrogen) atoms. The molecule has 0 spiro atoms. The minimum atomic E-state index is -3.62. The van der Waals surface area contributed by atoms with E-state index in [9.17, 15) is 8.42 Å². The molecule has 0 saturated carbocycles. The minimum Gasteiger partial charge on any atom is -0.465 e. The number of nitrogens with zero attached hydrogens (tertiary/aromatic N) is 1. The Balaban J connectivity index is 2.44. The molecule has 0 unspecified atom stereocenters. The molecule has 116 valence electrons. The minimum absolute atomic E-state index is 0.119. The first-order valence-electron chi connectivity index (χ1n) is 6.59. The van der Waals surface area contributed by atoms with Crippen LogP contribution in [0.1, 0.15) is 28.9 Å². The van der Waals surface area contributed by atoms with E-state index < -0.39 is 10.0 Å². The fourth-order valence-electron chi connectivity index (χ4n) is 2.27. The highest BCUT2D eigenvalue weighted by Gasteiger charge is 2.31. The van der Waals surface area contributed by atoms with Crippen LogP contribution in [0.15, 0.2) is 26.8 Å². The molecule has 2 heterocycles. The molecule has 0 amide bonds. The number of sulfonamides is 1. The van der Waals surface area contributed by atoms with Crippen LogP contribution in [0.2, 0.25) is 0 Å². The van der Waals surface area contributed by atoms with E-state index in [-0.39, 0.29) is 10.8 Å². The number of rotatable bonds is 6. The summed E-state index contributed by atoms with van der Waals surface area (Å²) in [6, 6.07) is 3.84. The molecule has 2 aromatic heterocycles. The number of hydrogen-bond acceptors (Lipinski definition) is 4. The maximum absolute atomic E-state index is 12.9. The van der Waals surface area contributed by atoms with Gasteiger partial charge >= 0.3 is 0 Å². The first kappa shape index (κ1) is 16.5. The standard InChI is InChI=1S/C14H18ClNO3S2/c1-4-16(9-12-6-5-7-20-12)21(17,18)14-11(3)19-10(2)13(14)8-15/h5-7H,4,8-9H2,1-3H3. The highest BCUT2D eigenvalue weighted by atomic mass is 35.5. The summed E-state index contributed by atoms with van der Waals surface area (Å²) in [5.74, 6) is 1.08. The molecule has 0 fully saturated rings. The number of alkyl halides is 1. The van der Waals surface area contributed by atoms with Gasteiger partial charge in [0.05, 0.1) is 5.88 Å². The van der Waals surface area contributed by atoms with Gasteiger partial charge in [0, 0.05) is 23.5 Å². The SMILES string of the molecule is CCN(Cc1cccs1)S(=O)(=O)c1c(C)oc(C)c1CCl. The van der Waals surface area contributed by atoms with E-state index in [4.69, 9.17) is 16.0 Å². The fourth-order valence-corrected chi connectivity index (χ4v) is 5.32. The van der Waals surface area contributed by atoms with Gasteiger partial charge in [-0.15, -0.1) is 22.9 Å². The Morgan fingerprint density at radius 1 is 1.33 bits per heavy atom. The lowest BCUT2D eigenvalue weighted by Gasteiger charge is -2.20. The summed E-state index contributed by atoms with van der Waals surface area (Å²) in [6.07, 6.45) is 0. The van der Waals surface area contributed by atoms with Gasteiger partial charge in [-0.05, 0) is 25.3 Å². The average molecular weight is 348 g/mol. The third-order valence-electron chi connectivity index (χ3n) is 3.32. The van der Waals surface area contributed by atoms with Gasteiger partial charge in [0.2, 0.25) is 10.0 Å². The maximum Gasteiger partial charge on any atom is 0.247 e. The second-order valence-electron chi connectivity index (χ2n) is 4.67. The third-order valence-corrected chi connectivity index (χ3v) is 6.57. The van der Waals surface area contributed by atoms with Crippen LogP contribution in [-0.4, -0.2) is 19.3 Å². The molecular formula is C14H18ClNO3S2. The van der Waals surface area contributed by atoms with Crippen molar-refractivity contribution in [3.63, 3.8) is 0 Å². The Labute approximate surface area is 134 Å². The Kier molecular flexibility index (Phi) is 5.14. The summed E-state index contributed by atoms with van der Waals surface area (Å²) >= 11 is 7.45. The summed E-state index contributed by atoms with van der Waals surface area (Å²) in [7, 11) is -3.62. The van der Waals surface area contributed by atoms with Crippen molar-refractivity contribution in [2.24, 2.45) is 0 Å². The van der Waals surface area contributed by atoms with Crippen LogP contribution in [0.3, 0.4) is 0 Å². The predicted molar refractivity (Wildman–Crippen MR) is 85.3 cm³/mol. The van der Waals surface area contributed by atoms with Crippen molar-refractivity contribution in [2.45, 2.75) is 38.1 Å². The lowest BCUT2D eigenvalue weighted by molar-refractivity contribution is 0.423. The summed E-state index contributed by atoms with van der Waals surface area (Å²) in [6.45, 7) is 5.98. The molecule has 0 saturated heterocycles. The van der Waals surface area contributed by atoms with Crippen LogP contribution in [0.4, 0.5) is 0 Å². The smallest absolute Gasteiger partial charge is 0.247 e. The number of aryl methyl sites for hydroxylation is 2. The maximum atomic E-state index is 12.9. The van der Waals surface area contributed by atoms with Gasteiger partial charge in [-0.25, -0.2) is 8.42 Å². The number of halogens is 1. The molecule has 2 rings (SSSR count). The molecule has 0 radical (unpaired) electrons. The predicted octanol–water partition coefficient (Wildman–Crippen LogP) is 3.91. The van der Waals surface area contributed by atoms with Crippen molar-refractivity contribution in [1.29, 1.82) is 0 Å².